The first-order valence-corrected chi connectivity index (χ1v) is 12.6. The van der Waals surface area contributed by atoms with Crippen molar-refractivity contribution >= 4 is 15.7 Å². The Kier molecular flexibility index (Phi) is 6.87. The van der Waals surface area contributed by atoms with Crippen molar-refractivity contribution < 1.29 is 22.3 Å². The SMILES string of the molecule is CCOc1cncc(-c2ccc(C(=O)N[C@H](CC)c3cc(S(=O)(=O)C4CC4)ccn3)c(F)c2)n1. The third-order valence-corrected chi connectivity index (χ3v) is 7.79. The van der Waals surface area contributed by atoms with Crippen LogP contribution in [0.2, 0.25) is 0 Å². The summed E-state index contributed by atoms with van der Waals surface area (Å²) in [5.41, 5.74) is 1.14. The van der Waals surface area contributed by atoms with Crippen LogP contribution in [0, 0.1) is 5.82 Å². The van der Waals surface area contributed by atoms with Gasteiger partial charge in [-0.2, -0.15) is 0 Å². The van der Waals surface area contributed by atoms with Crippen molar-refractivity contribution in [2.45, 2.75) is 49.3 Å². The van der Waals surface area contributed by atoms with Crippen LogP contribution in [-0.4, -0.2) is 41.1 Å². The zero-order valence-corrected chi connectivity index (χ0v) is 19.7. The number of hydrogen-bond donors (Lipinski definition) is 1. The molecule has 0 spiro atoms. The van der Waals surface area contributed by atoms with Crippen LogP contribution in [0.3, 0.4) is 0 Å². The third-order valence-electron chi connectivity index (χ3n) is 5.53. The van der Waals surface area contributed by atoms with Crippen molar-refractivity contribution in [3.05, 3.63) is 66.0 Å². The highest BCUT2D eigenvalue weighted by Crippen LogP contribution is 2.34. The van der Waals surface area contributed by atoms with Gasteiger partial charge in [0.2, 0.25) is 5.88 Å². The average Bonchev–Trinajstić information content (AvgIpc) is 3.69. The topological polar surface area (TPSA) is 111 Å². The number of amides is 1. The predicted octanol–water partition coefficient (Wildman–Crippen LogP) is 3.89. The summed E-state index contributed by atoms with van der Waals surface area (Å²) in [5, 5.41) is 2.42. The van der Waals surface area contributed by atoms with Gasteiger partial charge in [-0.15, -0.1) is 0 Å². The van der Waals surface area contributed by atoms with Crippen LogP contribution in [0.1, 0.15) is 55.2 Å². The third kappa shape index (κ3) is 5.06. The summed E-state index contributed by atoms with van der Waals surface area (Å²) in [7, 11) is -3.39. The molecule has 2 aromatic heterocycles. The maximum absolute atomic E-state index is 14.9. The van der Waals surface area contributed by atoms with E-state index in [-0.39, 0.29) is 15.7 Å². The van der Waals surface area contributed by atoms with Crippen molar-refractivity contribution in [2.75, 3.05) is 6.61 Å². The molecule has 1 saturated carbocycles. The molecule has 178 valence electrons. The first-order chi connectivity index (χ1) is 16.3. The quantitative estimate of drug-likeness (QED) is 0.490. The van der Waals surface area contributed by atoms with Gasteiger partial charge >= 0.3 is 0 Å². The van der Waals surface area contributed by atoms with Gasteiger partial charge in [-0.1, -0.05) is 13.0 Å². The van der Waals surface area contributed by atoms with Crippen LogP contribution in [-0.2, 0) is 9.84 Å². The van der Waals surface area contributed by atoms with Crippen molar-refractivity contribution in [3.8, 4) is 17.1 Å². The standard InChI is InChI=1S/C24H25FN4O4S/c1-3-20(21-12-17(9-10-27-21)34(31,32)16-6-7-16)29-24(30)18-8-5-15(11-19(18)25)22-13-26-14-23(28-22)33-4-2/h5,8-14,16,20H,3-4,6-7H2,1-2H3,(H,29,30)/t20-/m1/s1. The van der Waals surface area contributed by atoms with E-state index in [0.717, 1.165) is 0 Å². The van der Waals surface area contributed by atoms with Crippen molar-refractivity contribution in [2.24, 2.45) is 0 Å². The number of nitrogens with one attached hydrogen (secondary N) is 1. The second-order valence-corrected chi connectivity index (χ2v) is 10.2. The van der Waals surface area contributed by atoms with E-state index in [4.69, 9.17) is 4.74 Å². The van der Waals surface area contributed by atoms with E-state index in [2.05, 4.69) is 20.3 Å². The molecular weight excluding hydrogens is 459 g/mol. The molecule has 10 heteroatoms. The number of halogens is 1. The summed E-state index contributed by atoms with van der Waals surface area (Å²) >= 11 is 0. The molecule has 1 N–H and O–H groups in total. The van der Waals surface area contributed by atoms with E-state index in [1.54, 1.807) is 6.07 Å². The maximum atomic E-state index is 14.9. The van der Waals surface area contributed by atoms with Crippen LogP contribution >= 0.6 is 0 Å². The normalized spacial score (nSPS) is 14.4. The highest BCUT2D eigenvalue weighted by molar-refractivity contribution is 7.92. The van der Waals surface area contributed by atoms with Crippen molar-refractivity contribution in [1.82, 2.24) is 20.3 Å². The molecule has 4 rings (SSSR count). The van der Waals surface area contributed by atoms with Gasteiger partial charge in [-0.25, -0.2) is 17.8 Å². The lowest BCUT2D eigenvalue weighted by atomic mass is 10.1. The molecule has 1 aliphatic carbocycles. The van der Waals surface area contributed by atoms with Gasteiger partial charge < -0.3 is 10.1 Å². The number of carbonyl (C=O) groups is 1. The summed E-state index contributed by atoms with van der Waals surface area (Å²) in [4.78, 5) is 25.6. The highest BCUT2D eigenvalue weighted by atomic mass is 32.2. The van der Waals surface area contributed by atoms with E-state index in [1.165, 1.54) is 42.9 Å². The van der Waals surface area contributed by atoms with Gasteiger partial charge in [-0.05, 0) is 50.5 Å². The largest absolute Gasteiger partial charge is 0.477 e. The molecule has 0 radical (unpaired) electrons. The van der Waals surface area contributed by atoms with Crippen LogP contribution < -0.4 is 10.1 Å². The minimum atomic E-state index is -3.39. The molecular formula is C24H25FN4O4S. The highest BCUT2D eigenvalue weighted by Gasteiger charge is 2.37. The first kappa shape index (κ1) is 23.7. The zero-order valence-electron chi connectivity index (χ0n) is 18.9. The number of benzene rings is 1. The summed E-state index contributed by atoms with van der Waals surface area (Å²) < 4.78 is 45.3. The van der Waals surface area contributed by atoms with Gasteiger partial charge in [0.15, 0.2) is 9.84 Å². The molecule has 0 unspecified atom stereocenters. The van der Waals surface area contributed by atoms with Gasteiger partial charge in [-0.3, -0.25) is 14.8 Å². The fraction of sp³-hybridized carbons (Fsp3) is 0.333. The van der Waals surface area contributed by atoms with E-state index >= 15 is 0 Å². The molecule has 1 amide bonds. The Hall–Kier alpha value is -3.40. The Bertz CT molecular complexity index is 1310. The van der Waals surface area contributed by atoms with Crippen LogP contribution in [0.15, 0.2) is 53.8 Å². The molecule has 0 saturated heterocycles. The Labute approximate surface area is 197 Å². The van der Waals surface area contributed by atoms with E-state index < -0.39 is 27.6 Å². The summed E-state index contributed by atoms with van der Waals surface area (Å²) in [6.45, 7) is 4.08. The lowest BCUT2D eigenvalue weighted by molar-refractivity contribution is 0.0930. The van der Waals surface area contributed by atoms with E-state index in [0.29, 0.717) is 48.7 Å². The Morgan fingerprint density at radius 1 is 1.21 bits per heavy atom. The summed E-state index contributed by atoms with van der Waals surface area (Å²) in [6.07, 6.45) is 6.14. The van der Waals surface area contributed by atoms with Crippen LogP contribution in [0.4, 0.5) is 4.39 Å². The minimum Gasteiger partial charge on any atom is -0.477 e. The number of sulfone groups is 1. The zero-order chi connectivity index (χ0) is 24.3. The number of aromatic nitrogens is 3. The Balaban J connectivity index is 1.53. The second-order valence-electron chi connectivity index (χ2n) is 7.97. The summed E-state index contributed by atoms with van der Waals surface area (Å²) in [6, 6.07) is 6.56. The fourth-order valence-electron chi connectivity index (χ4n) is 3.55. The smallest absolute Gasteiger partial charge is 0.254 e. The first-order valence-electron chi connectivity index (χ1n) is 11.1. The average molecular weight is 485 g/mol. The second kappa shape index (κ2) is 9.84. The minimum absolute atomic E-state index is 0.141. The summed E-state index contributed by atoms with van der Waals surface area (Å²) in [5.74, 6) is -1.01. The molecule has 0 aliphatic heterocycles. The van der Waals surface area contributed by atoms with Crippen molar-refractivity contribution in [1.29, 1.82) is 0 Å². The molecule has 2 heterocycles. The van der Waals surface area contributed by atoms with Gasteiger partial charge in [0, 0.05) is 11.8 Å². The molecule has 3 aromatic rings. The van der Waals surface area contributed by atoms with Gasteiger partial charge in [0.05, 0.1) is 52.1 Å². The molecule has 0 bridgehead atoms. The number of carbonyl (C=O) groups excluding carboxylic acids is 1. The van der Waals surface area contributed by atoms with Crippen LogP contribution in [0.25, 0.3) is 11.3 Å². The molecule has 1 atom stereocenters. The van der Waals surface area contributed by atoms with E-state index in [1.807, 2.05) is 13.8 Å². The van der Waals surface area contributed by atoms with Gasteiger partial charge in [0.25, 0.3) is 5.91 Å². The number of rotatable bonds is 9. The lowest BCUT2D eigenvalue weighted by Gasteiger charge is -2.18. The Morgan fingerprint density at radius 2 is 2.00 bits per heavy atom. The molecule has 8 nitrogen and oxygen atoms in total. The molecule has 34 heavy (non-hydrogen) atoms. The van der Waals surface area contributed by atoms with Crippen LogP contribution in [0.5, 0.6) is 5.88 Å². The molecule has 1 aromatic carbocycles. The fourth-order valence-corrected chi connectivity index (χ4v) is 5.23. The monoisotopic (exact) mass is 484 g/mol. The predicted molar refractivity (Wildman–Crippen MR) is 124 cm³/mol. The Morgan fingerprint density at radius 3 is 2.68 bits per heavy atom. The van der Waals surface area contributed by atoms with Gasteiger partial charge in [0.1, 0.15) is 5.82 Å². The number of nitrogens with zero attached hydrogens (tertiary/aromatic N) is 3. The number of hydrogen-bond acceptors (Lipinski definition) is 7. The molecule has 1 fully saturated rings. The molecule has 1 aliphatic rings. The lowest BCUT2D eigenvalue weighted by Crippen LogP contribution is -2.29. The van der Waals surface area contributed by atoms with E-state index in [9.17, 15) is 17.6 Å². The maximum Gasteiger partial charge on any atom is 0.254 e. The number of ether oxygens (including phenoxy) is 1. The van der Waals surface area contributed by atoms with Crippen molar-refractivity contribution in [3.63, 3.8) is 0 Å². The number of pyridine rings is 1.